The van der Waals surface area contributed by atoms with Crippen molar-refractivity contribution >= 4 is 35.5 Å². The van der Waals surface area contributed by atoms with Crippen molar-refractivity contribution in [3.63, 3.8) is 0 Å². The first-order chi connectivity index (χ1) is 18.1. The van der Waals surface area contributed by atoms with Gasteiger partial charge in [-0.05, 0) is 29.8 Å². The van der Waals surface area contributed by atoms with Crippen molar-refractivity contribution < 1.29 is 28.7 Å². The van der Waals surface area contributed by atoms with Crippen LogP contribution in [0.3, 0.4) is 0 Å². The van der Waals surface area contributed by atoms with E-state index in [4.69, 9.17) is 11.5 Å². The lowest BCUT2D eigenvalue weighted by molar-refractivity contribution is -0.137. The lowest BCUT2D eigenvalue weighted by Gasteiger charge is -2.26. The summed E-state index contributed by atoms with van der Waals surface area (Å²) in [6.07, 6.45) is -1.01. The second kappa shape index (κ2) is 14.7. The number of aliphatic hydroxyl groups excluding tert-OH is 1. The third-order valence-electron chi connectivity index (χ3n) is 5.85. The number of amides is 3. The van der Waals surface area contributed by atoms with Gasteiger partial charge in [-0.25, -0.2) is 4.39 Å². The maximum atomic E-state index is 13.4. The molecule has 3 amide bonds. The molecule has 11 heteroatoms. The van der Waals surface area contributed by atoms with Crippen LogP contribution < -0.4 is 22.1 Å². The molecule has 3 unspecified atom stereocenters. The highest BCUT2D eigenvalue weighted by atomic mass is 19.1. The summed E-state index contributed by atoms with van der Waals surface area (Å²) >= 11 is 0. The summed E-state index contributed by atoms with van der Waals surface area (Å²) in [7, 11) is 0. The van der Waals surface area contributed by atoms with Gasteiger partial charge in [-0.3, -0.25) is 19.2 Å². The minimum atomic E-state index is -1.51. The Labute approximate surface area is 220 Å². The van der Waals surface area contributed by atoms with E-state index in [1.807, 2.05) is 0 Å². The molecule has 0 saturated carbocycles. The fraction of sp³-hybridized carbons (Fsp3) is 0.333. The summed E-state index contributed by atoms with van der Waals surface area (Å²) in [5.74, 6) is -3.20. The minimum absolute atomic E-state index is 0.156. The van der Waals surface area contributed by atoms with Gasteiger partial charge in [-0.1, -0.05) is 37.8 Å². The number of nitrogens with two attached hydrogens (primary N) is 2. The summed E-state index contributed by atoms with van der Waals surface area (Å²) in [5.41, 5.74) is 12.3. The zero-order valence-corrected chi connectivity index (χ0v) is 21.2. The number of aliphatic hydroxyl groups is 1. The number of benzene rings is 2. The molecule has 0 aromatic heterocycles. The van der Waals surface area contributed by atoms with Crippen molar-refractivity contribution in [1.29, 1.82) is 0 Å². The SMILES string of the molecule is C=C(F)c1ccc(C(O)C(NC(=O)C(C)CC(=O)N(CCN)CCN)C(=O)Nc2ccc(C=O)cc2)cc1. The van der Waals surface area contributed by atoms with E-state index in [0.717, 1.165) is 0 Å². The van der Waals surface area contributed by atoms with Gasteiger partial charge in [0.15, 0.2) is 0 Å². The fourth-order valence-corrected chi connectivity index (χ4v) is 3.66. The molecule has 0 saturated heterocycles. The smallest absolute Gasteiger partial charge is 0.250 e. The van der Waals surface area contributed by atoms with Crippen LogP contribution in [0.1, 0.15) is 40.9 Å². The lowest BCUT2D eigenvalue weighted by Crippen LogP contribution is -2.50. The maximum absolute atomic E-state index is 13.4. The summed E-state index contributed by atoms with van der Waals surface area (Å²) in [6, 6.07) is 10.1. The molecule has 3 atom stereocenters. The third-order valence-corrected chi connectivity index (χ3v) is 5.85. The minimum Gasteiger partial charge on any atom is -0.386 e. The van der Waals surface area contributed by atoms with Gasteiger partial charge in [-0.2, -0.15) is 0 Å². The van der Waals surface area contributed by atoms with Crippen molar-refractivity contribution in [1.82, 2.24) is 10.2 Å². The molecule has 10 nitrogen and oxygen atoms in total. The van der Waals surface area contributed by atoms with E-state index in [1.165, 1.54) is 60.4 Å². The highest BCUT2D eigenvalue weighted by Crippen LogP contribution is 2.22. The maximum Gasteiger partial charge on any atom is 0.250 e. The first-order valence-corrected chi connectivity index (χ1v) is 12.1. The van der Waals surface area contributed by atoms with E-state index in [2.05, 4.69) is 17.2 Å². The van der Waals surface area contributed by atoms with Gasteiger partial charge >= 0.3 is 0 Å². The number of rotatable bonds is 14. The van der Waals surface area contributed by atoms with Crippen LogP contribution in [0.2, 0.25) is 0 Å². The molecule has 204 valence electrons. The van der Waals surface area contributed by atoms with Crippen LogP contribution in [-0.2, 0) is 14.4 Å². The molecule has 0 radical (unpaired) electrons. The standard InChI is InChI=1S/C27H34FN5O5/c1-17(15-23(35)33(13-11-29)14-12-30)26(37)32-24(25(36)21-7-5-20(6-8-21)18(2)28)27(38)31-22-9-3-19(16-34)4-10-22/h3-10,16-17,24-25,36H,2,11-15,29-30H2,1H3,(H,31,38)(H,32,37). The highest BCUT2D eigenvalue weighted by Gasteiger charge is 2.32. The van der Waals surface area contributed by atoms with E-state index in [-0.39, 0.29) is 49.6 Å². The second-order valence-electron chi connectivity index (χ2n) is 8.75. The van der Waals surface area contributed by atoms with Crippen LogP contribution in [0.25, 0.3) is 5.83 Å². The zero-order chi connectivity index (χ0) is 28.2. The van der Waals surface area contributed by atoms with E-state index in [0.29, 0.717) is 17.5 Å². The van der Waals surface area contributed by atoms with Gasteiger partial charge in [0.05, 0.1) is 0 Å². The average molecular weight is 528 g/mol. The number of anilines is 1. The Morgan fingerprint density at radius 2 is 1.61 bits per heavy atom. The Hall–Kier alpha value is -3.93. The molecule has 2 rings (SSSR count). The molecule has 38 heavy (non-hydrogen) atoms. The topological polar surface area (TPSA) is 168 Å². The molecule has 2 aromatic rings. The predicted octanol–water partition coefficient (Wildman–Crippen LogP) is 1.37. The molecule has 0 heterocycles. The van der Waals surface area contributed by atoms with E-state index >= 15 is 0 Å². The van der Waals surface area contributed by atoms with Crippen molar-refractivity contribution in [2.75, 3.05) is 31.5 Å². The number of hydrogen-bond donors (Lipinski definition) is 5. The van der Waals surface area contributed by atoms with Gasteiger partial charge < -0.3 is 32.1 Å². The van der Waals surface area contributed by atoms with Crippen molar-refractivity contribution in [3.8, 4) is 0 Å². The molecule has 0 fully saturated rings. The number of carbonyl (C=O) groups excluding carboxylic acids is 4. The first-order valence-electron chi connectivity index (χ1n) is 12.1. The highest BCUT2D eigenvalue weighted by molar-refractivity contribution is 5.98. The zero-order valence-electron chi connectivity index (χ0n) is 21.2. The molecule has 0 spiro atoms. The van der Waals surface area contributed by atoms with Gasteiger partial charge in [0.25, 0.3) is 0 Å². The van der Waals surface area contributed by atoms with Crippen LogP contribution in [0.4, 0.5) is 10.1 Å². The molecule has 0 aliphatic heterocycles. The number of carbonyl (C=O) groups is 4. The van der Waals surface area contributed by atoms with Crippen molar-refractivity contribution in [2.45, 2.75) is 25.5 Å². The first kappa shape index (κ1) is 30.3. The van der Waals surface area contributed by atoms with Crippen LogP contribution in [0.15, 0.2) is 55.1 Å². The summed E-state index contributed by atoms with van der Waals surface area (Å²) in [6.45, 7) is 5.81. The van der Waals surface area contributed by atoms with E-state index < -0.39 is 35.7 Å². The fourth-order valence-electron chi connectivity index (χ4n) is 3.66. The number of hydrogen-bond acceptors (Lipinski definition) is 7. The van der Waals surface area contributed by atoms with E-state index in [9.17, 15) is 28.7 Å². The van der Waals surface area contributed by atoms with Gasteiger partial charge in [0, 0.05) is 55.3 Å². The molecule has 7 N–H and O–H groups in total. The van der Waals surface area contributed by atoms with Crippen LogP contribution in [0, 0.1) is 5.92 Å². The van der Waals surface area contributed by atoms with Crippen LogP contribution in [-0.4, -0.2) is 66.2 Å². The Kier molecular flexibility index (Phi) is 11.7. The number of aldehydes is 1. The normalized spacial score (nSPS) is 13.1. The van der Waals surface area contributed by atoms with Gasteiger partial charge in [0.2, 0.25) is 17.7 Å². The Morgan fingerprint density at radius 3 is 2.11 bits per heavy atom. The molecule has 0 bridgehead atoms. The largest absolute Gasteiger partial charge is 0.386 e. The molecular weight excluding hydrogens is 493 g/mol. The quantitative estimate of drug-likeness (QED) is 0.231. The average Bonchev–Trinajstić information content (AvgIpc) is 2.91. The number of nitrogens with zero attached hydrogens (tertiary/aromatic N) is 1. The van der Waals surface area contributed by atoms with Crippen LogP contribution >= 0.6 is 0 Å². The molecular formula is C27H34FN5O5. The van der Waals surface area contributed by atoms with Crippen LogP contribution in [0.5, 0.6) is 0 Å². The summed E-state index contributed by atoms with van der Waals surface area (Å²) < 4.78 is 13.4. The molecule has 0 aliphatic rings. The van der Waals surface area contributed by atoms with Gasteiger partial charge in [0.1, 0.15) is 24.3 Å². The monoisotopic (exact) mass is 527 g/mol. The molecule has 0 aliphatic carbocycles. The predicted molar refractivity (Wildman–Crippen MR) is 142 cm³/mol. The molecule has 2 aromatic carbocycles. The summed E-state index contributed by atoms with van der Waals surface area (Å²) in [5, 5.41) is 16.2. The number of halogens is 1. The Morgan fingerprint density at radius 1 is 1.03 bits per heavy atom. The summed E-state index contributed by atoms with van der Waals surface area (Å²) in [4.78, 5) is 51.2. The second-order valence-corrected chi connectivity index (χ2v) is 8.75. The number of nitrogens with one attached hydrogen (secondary N) is 2. The van der Waals surface area contributed by atoms with Crippen molar-refractivity contribution in [3.05, 3.63) is 71.8 Å². The Bertz CT molecular complexity index is 1120. The Balaban J connectivity index is 2.24. The van der Waals surface area contributed by atoms with Gasteiger partial charge in [-0.15, -0.1) is 0 Å². The van der Waals surface area contributed by atoms with E-state index in [1.54, 1.807) is 0 Å². The third kappa shape index (κ3) is 8.58. The lowest BCUT2D eigenvalue weighted by atomic mass is 9.98. The van der Waals surface area contributed by atoms with Crippen molar-refractivity contribution in [2.24, 2.45) is 17.4 Å².